The van der Waals surface area contributed by atoms with Gasteiger partial charge in [0, 0.05) is 17.3 Å². The lowest BCUT2D eigenvalue weighted by Gasteiger charge is -2.12. The molecule has 98 valence electrons. The van der Waals surface area contributed by atoms with Crippen LogP contribution in [0.3, 0.4) is 0 Å². The van der Waals surface area contributed by atoms with Crippen molar-refractivity contribution in [3.8, 4) is 0 Å². The van der Waals surface area contributed by atoms with E-state index in [0.717, 1.165) is 16.8 Å². The summed E-state index contributed by atoms with van der Waals surface area (Å²) >= 11 is 6.04. The van der Waals surface area contributed by atoms with Crippen molar-refractivity contribution < 1.29 is 9.90 Å². The predicted molar refractivity (Wildman–Crippen MR) is 76.9 cm³/mol. The summed E-state index contributed by atoms with van der Waals surface area (Å²) in [6.45, 7) is 2.37. The Morgan fingerprint density at radius 2 is 1.95 bits per heavy atom. The summed E-state index contributed by atoms with van der Waals surface area (Å²) in [5, 5.41) is 13.0. The first-order valence-electron chi connectivity index (χ1n) is 5.90. The molecule has 0 amide bonds. The van der Waals surface area contributed by atoms with Crippen LogP contribution in [0.4, 0.5) is 5.69 Å². The zero-order valence-electron chi connectivity index (χ0n) is 10.5. The number of carboxylic acid groups (broad SMARTS) is 1. The van der Waals surface area contributed by atoms with E-state index in [1.165, 1.54) is 0 Å². The fraction of sp³-hybridized carbons (Fsp3) is 0.133. The van der Waals surface area contributed by atoms with Crippen LogP contribution in [0.5, 0.6) is 0 Å². The molecule has 0 bridgehead atoms. The molecule has 0 saturated carbocycles. The minimum Gasteiger partial charge on any atom is -0.478 e. The van der Waals surface area contributed by atoms with Gasteiger partial charge in [0.25, 0.3) is 0 Å². The Bertz CT molecular complexity index is 611. The van der Waals surface area contributed by atoms with Crippen LogP contribution < -0.4 is 5.32 Å². The van der Waals surface area contributed by atoms with Crippen LogP contribution in [0.1, 0.15) is 21.5 Å². The summed E-state index contributed by atoms with van der Waals surface area (Å²) in [6, 6.07) is 12.6. The number of nitrogens with one attached hydrogen (secondary N) is 1. The summed E-state index contributed by atoms with van der Waals surface area (Å²) in [5.41, 5.74) is 2.92. The Labute approximate surface area is 116 Å². The molecule has 0 fully saturated rings. The number of rotatable bonds is 4. The Kier molecular flexibility index (Phi) is 4.07. The highest BCUT2D eigenvalue weighted by Gasteiger charge is 2.09. The van der Waals surface area contributed by atoms with Crippen molar-refractivity contribution in [3.63, 3.8) is 0 Å². The smallest absolute Gasteiger partial charge is 0.336 e. The fourth-order valence-electron chi connectivity index (χ4n) is 1.87. The second-order valence-corrected chi connectivity index (χ2v) is 4.64. The summed E-state index contributed by atoms with van der Waals surface area (Å²) in [6.07, 6.45) is 0. The van der Waals surface area contributed by atoms with Gasteiger partial charge >= 0.3 is 5.97 Å². The molecule has 0 heterocycles. The molecule has 0 aliphatic carbocycles. The van der Waals surface area contributed by atoms with Gasteiger partial charge in [0.2, 0.25) is 0 Å². The first-order chi connectivity index (χ1) is 9.09. The van der Waals surface area contributed by atoms with Crippen LogP contribution >= 0.6 is 11.6 Å². The largest absolute Gasteiger partial charge is 0.478 e. The van der Waals surface area contributed by atoms with Crippen LogP contribution in [-0.4, -0.2) is 11.1 Å². The number of anilines is 1. The minimum atomic E-state index is -0.916. The van der Waals surface area contributed by atoms with Gasteiger partial charge in [-0.1, -0.05) is 35.9 Å². The van der Waals surface area contributed by atoms with Crippen LogP contribution in [-0.2, 0) is 6.54 Å². The van der Waals surface area contributed by atoms with Gasteiger partial charge in [0.05, 0.1) is 5.56 Å². The fourth-order valence-corrected chi connectivity index (χ4v) is 2.05. The maximum Gasteiger partial charge on any atom is 0.336 e. The number of aromatic carboxylic acids is 1. The normalized spacial score (nSPS) is 10.2. The summed E-state index contributed by atoms with van der Waals surface area (Å²) < 4.78 is 0. The quantitative estimate of drug-likeness (QED) is 0.888. The van der Waals surface area contributed by atoms with E-state index in [1.807, 2.05) is 31.2 Å². The van der Waals surface area contributed by atoms with Crippen LogP contribution in [0.25, 0.3) is 0 Å². The molecule has 2 aromatic carbocycles. The van der Waals surface area contributed by atoms with Crippen molar-refractivity contribution in [1.82, 2.24) is 0 Å². The molecular weight excluding hydrogens is 262 g/mol. The zero-order chi connectivity index (χ0) is 13.8. The Hall–Kier alpha value is -2.00. The van der Waals surface area contributed by atoms with E-state index < -0.39 is 5.97 Å². The average molecular weight is 276 g/mol. The van der Waals surface area contributed by atoms with E-state index in [-0.39, 0.29) is 0 Å². The first kappa shape index (κ1) is 13.4. The molecule has 19 heavy (non-hydrogen) atoms. The molecule has 0 aromatic heterocycles. The van der Waals surface area contributed by atoms with E-state index in [0.29, 0.717) is 17.1 Å². The number of carbonyl (C=O) groups is 1. The molecule has 0 atom stereocenters. The lowest BCUT2D eigenvalue weighted by molar-refractivity contribution is 0.0696. The standard InChI is InChI=1S/C15H14ClNO2/c1-10-13(16)7-4-8-14(10)17-9-11-5-2-3-6-12(11)15(18)19/h2-8,17H,9H2,1H3,(H,18,19). The van der Waals surface area contributed by atoms with Crippen molar-refractivity contribution in [2.75, 3.05) is 5.32 Å². The minimum absolute atomic E-state index is 0.315. The number of benzene rings is 2. The molecular formula is C15H14ClNO2. The Morgan fingerprint density at radius 3 is 2.68 bits per heavy atom. The molecule has 2 rings (SSSR count). The predicted octanol–water partition coefficient (Wildman–Crippen LogP) is 3.96. The lowest BCUT2D eigenvalue weighted by atomic mass is 10.1. The third-order valence-electron chi connectivity index (χ3n) is 2.98. The average Bonchev–Trinajstić information content (AvgIpc) is 2.40. The van der Waals surface area contributed by atoms with Gasteiger partial charge in [0.15, 0.2) is 0 Å². The molecule has 0 aliphatic rings. The molecule has 2 N–H and O–H groups in total. The van der Waals surface area contributed by atoms with E-state index in [1.54, 1.807) is 18.2 Å². The molecule has 0 radical (unpaired) electrons. The van der Waals surface area contributed by atoms with Gasteiger partial charge in [-0.3, -0.25) is 0 Å². The van der Waals surface area contributed by atoms with Gasteiger partial charge < -0.3 is 10.4 Å². The molecule has 4 heteroatoms. The van der Waals surface area contributed by atoms with Crippen molar-refractivity contribution >= 4 is 23.3 Å². The number of hydrogen-bond acceptors (Lipinski definition) is 2. The Balaban J connectivity index is 2.19. The molecule has 0 aliphatic heterocycles. The van der Waals surface area contributed by atoms with Crippen LogP contribution in [0.2, 0.25) is 5.02 Å². The molecule has 0 unspecified atom stereocenters. The zero-order valence-corrected chi connectivity index (χ0v) is 11.2. The van der Waals surface area contributed by atoms with Crippen molar-refractivity contribution in [2.45, 2.75) is 13.5 Å². The van der Waals surface area contributed by atoms with Crippen molar-refractivity contribution in [1.29, 1.82) is 0 Å². The van der Waals surface area contributed by atoms with E-state index >= 15 is 0 Å². The maximum atomic E-state index is 11.1. The maximum absolute atomic E-state index is 11.1. The van der Waals surface area contributed by atoms with E-state index in [9.17, 15) is 4.79 Å². The molecule has 2 aromatic rings. The molecule has 0 spiro atoms. The monoisotopic (exact) mass is 275 g/mol. The topological polar surface area (TPSA) is 49.3 Å². The van der Waals surface area contributed by atoms with Crippen molar-refractivity contribution in [2.24, 2.45) is 0 Å². The highest BCUT2D eigenvalue weighted by Crippen LogP contribution is 2.23. The highest BCUT2D eigenvalue weighted by molar-refractivity contribution is 6.31. The first-order valence-corrected chi connectivity index (χ1v) is 6.27. The van der Waals surface area contributed by atoms with Crippen LogP contribution in [0.15, 0.2) is 42.5 Å². The third-order valence-corrected chi connectivity index (χ3v) is 3.39. The summed E-state index contributed by atoms with van der Waals surface area (Å²) in [5.74, 6) is -0.916. The van der Waals surface area contributed by atoms with Gasteiger partial charge in [-0.05, 0) is 36.2 Å². The van der Waals surface area contributed by atoms with Crippen LogP contribution in [0, 0.1) is 6.92 Å². The summed E-state index contributed by atoms with van der Waals surface area (Å²) in [7, 11) is 0. The number of halogens is 1. The molecule has 0 saturated heterocycles. The number of carboxylic acids is 1. The lowest BCUT2D eigenvalue weighted by Crippen LogP contribution is -2.07. The summed E-state index contributed by atoms with van der Waals surface area (Å²) in [4.78, 5) is 11.1. The second kappa shape index (κ2) is 5.76. The van der Waals surface area contributed by atoms with Gasteiger partial charge in [-0.15, -0.1) is 0 Å². The van der Waals surface area contributed by atoms with E-state index in [2.05, 4.69) is 5.32 Å². The van der Waals surface area contributed by atoms with Crippen molar-refractivity contribution in [3.05, 3.63) is 64.2 Å². The SMILES string of the molecule is Cc1c(Cl)cccc1NCc1ccccc1C(=O)O. The number of hydrogen-bond donors (Lipinski definition) is 2. The van der Waals surface area contributed by atoms with Gasteiger partial charge in [-0.2, -0.15) is 0 Å². The van der Waals surface area contributed by atoms with Gasteiger partial charge in [0.1, 0.15) is 0 Å². The second-order valence-electron chi connectivity index (χ2n) is 4.23. The van der Waals surface area contributed by atoms with Gasteiger partial charge in [-0.25, -0.2) is 4.79 Å². The Morgan fingerprint density at radius 1 is 1.21 bits per heavy atom. The third kappa shape index (κ3) is 3.06. The highest BCUT2D eigenvalue weighted by atomic mass is 35.5. The van der Waals surface area contributed by atoms with E-state index in [4.69, 9.17) is 16.7 Å². The molecule has 3 nitrogen and oxygen atoms in total.